The van der Waals surface area contributed by atoms with Crippen LogP contribution in [0.15, 0.2) is 170 Å². The molecule has 0 radical (unpaired) electrons. The van der Waals surface area contributed by atoms with Crippen LogP contribution < -0.4 is 0 Å². The van der Waals surface area contributed by atoms with Crippen molar-refractivity contribution in [2.24, 2.45) is 0 Å². The van der Waals surface area contributed by atoms with Gasteiger partial charge in [0, 0.05) is 29.1 Å². The van der Waals surface area contributed by atoms with Gasteiger partial charge in [-0.3, -0.25) is 4.98 Å². The van der Waals surface area contributed by atoms with Gasteiger partial charge in [-0.1, -0.05) is 139 Å². The fraction of sp³-hybridized carbons (Fsp3) is 0.0426. The zero-order valence-electron chi connectivity index (χ0n) is 27.5. The van der Waals surface area contributed by atoms with Crippen molar-refractivity contribution in [2.75, 3.05) is 0 Å². The van der Waals surface area contributed by atoms with Crippen molar-refractivity contribution in [3.8, 4) is 67.3 Å². The summed E-state index contributed by atoms with van der Waals surface area (Å²) in [6, 6.07) is 57.4. The maximum absolute atomic E-state index is 5.23. The molecule has 8 aromatic rings. The molecular weight excluding hydrogens is 607 g/mol. The van der Waals surface area contributed by atoms with Crippen LogP contribution in [-0.4, -0.2) is 15.0 Å². The number of nitrogens with zero attached hydrogens (tertiary/aromatic N) is 3. The molecule has 0 aliphatic heterocycles. The second-order valence-corrected chi connectivity index (χ2v) is 13.3. The van der Waals surface area contributed by atoms with Gasteiger partial charge in [-0.15, -0.1) is 0 Å². The molecule has 0 fully saturated rings. The van der Waals surface area contributed by atoms with Crippen molar-refractivity contribution in [2.45, 2.75) is 12.3 Å². The molecule has 234 valence electrons. The Morgan fingerprint density at radius 3 is 1.48 bits per heavy atom. The van der Waals surface area contributed by atoms with Crippen molar-refractivity contribution >= 4 is 0 Å². The minimum absolute atomic E-state index is 0.548. The van der Waals surface area contributed by atoms with E-state index in [0.29, 0.717) is 5.82 Å². The van der Waals surface area contributed by atoms with Crippen molar-refractivity contribution in [3.63, 3.8) is 0 Å². The van der Waals surface area contributed by atoms with Crippen LogP contribution in [0.5, 0.6) is 0 Å². The minimum atomic E-state index is -0.548. The second kappa shape index (κ2) is 11.0. The predicted octanol–water partition coefficient (Wildman–Crippen LogP) is 11.2. The number of hydrogen-bond donors (Lipinski definition) is 0. The predicted molar refractivity (Wildman–Crippen MR) is 203 cm³/mol. The second-order valence-electron chi connectivity index (χ2n) is 13.3. The first-order chi connectivity index (χ1) is 24.7. The molecule has 0 saturated carbocycles. The molecule has 3 nitrogen and oxygen atoms in total. The lowest BCUT2D eigenvalue weighted by Crippen LogP contribution is -2.29. The molecule has 50 heavy (non-hydrogen) atoms. The molecule has 2 heterocycles. The Hall–Kier alpha value is -6.45. The highest BCUT2D eigenvalue weighted by Gasteiger charge is 2.49. The highest BCUT2D eigenvalue weighted by molar-refractivity contribution is 5.97. The Balaban J connectivity index is 1.31. The van der Waals surface area contributed by atoms with Crippen molar-refractivity contribution in [3.05, 3.63) is 198 Å². The Labute approximate surface area is 291 Å². The third-order valence-corrected chi connectivity index (χ3v) is 10.5. The van der Waals surface area contributed by atoms with Crippen molar-refractivity contribution < 1.29 is 0 Å². The molecule has 0 bridgehead atoms. The fourth-order valence-electron chi connectivity index (χ4n) is 8.30. The van der Waals surface area contributed by atoms with E-state index in [9.17, 15) is 0 Å². The SMILES string of the molecule is Cc1ccc(-c2cc(-c3ccc4c(c3)C3(c5ccccc5-c5ccccc5-4)c4ccccc4-c4ccccc43)nc(-c3cccnc3)n2)cc1. The van der Waals surface area contributed by atoms with Gasteiger partial charge in [0.1, 0.15) is 0 Å². The first-order valence-corrected chi connectivity index (χ1v) is 17.1. The molecule has 3 heteroatoms. The van der Waals surface area contributed by atoms with E-state index in [4.69, 9.17) is 9.97 Å². The zero-order valence-corrected chi connectivity index (χ0v) is 27.5. The van der Waals surface area contributed by atoms with Gasteiger partial charge in [-0.25, -0.2) is 9.97 Å². The van der Waals surface area contributed by atoms with E-state index < -0.39 is 5.41 Å². The highest BCUT2D eigenvalue weighted by Crippen LogP contribution is 2.61. The van der Waals surface area contributed by atoms with E-state index >= 15 is 0 Å². The summed E-state index contributed by atoms with van der Waals surface area (Å²) >= 11 is 0. The van der Waals surface area contributed by atoms with Gasteiger partial charge < -0.3 is 0 Å². The lowest BCUT2D eigenvalue weighted by Gasteiger charge is -2.35. The Kier molecular flexibility index (Phi) is 6.31. The molecule has 6 aromatic carbocycles. The number of fused-ring (bicyclic) bond motifs is 12. The zero-order chi connectivity index (χ0) is 33.2. The van der Waals surface area contributed by atoms with E-state index in [-0.39, 0.29) is 0 Å². The normalized spacial score (nSPS) is 13.1. The van der Waals surface area contributed by atoms with Crippen molar-refractivity contribution in [1.82, 2.24) is 15.0 Å². The van der Waals surface area contributed by atoms with Gasteiger partial charge in [-0.2, -0.15) is 0 Å². The summed E-state index contributed by atoms with van der Waals surface area (Å²) in [6.07, 6.45) is 3.62. The molecule has 2 aliphatic carbocycles. The molecule has 10 rings (SSSR count). The maximum Gasteiger partial charge on any atom is 0.161 e. The Morgan fingerprint density at radius 2 is 0.900 bits per heavy atom. The Morgan fingerprint density at radius 1 is 0.400 bits per heavy atom. The number of aryl methyl sites for hydroxylation is 1. The van der Waals surface area contributed by atoms with Gasteiger partial charge in [0.25, 0.3) is 0 Å². The quantitative estimate of drug-likeness (QED) is 0.193. The van der Waals surface area contributed by atoms with Crippen LogP contribution in [0.1, 0.15) is 27.8 Å². The molecule has 1 spiro atoms. The molecule has 0 atom stereocenters. The van der Waals surface area contributed by atoms with Crippen LogP contribution in [0, 0.1) is 6.92 Å². The fourth-order valence-corrected chi connectivity index (χ4v) is 8.30. The average Bonchev–Trinajstić information content (AvgIpc) is 3.43. The standard InChI is InChI=1S/C47H31N3/c1-30-20-22-31(23-21-30)44-28-45(50-46(49-44)33-11-10-26-48-29-33)32-24-25-39-35-13-3-2-12-34(35)36-14-4-7-17-40(36)47(43(39)27-32)41-18-8-5-15-37(41)38-16-6-9-19-42(38)47/h2-29H,1H3. The third-order valence-electron chi connectivity index (χ3n) is 10.5. The van der Waals surface area contributed by atoms with E-state index in [0.717, 1.165) is 28.1 Å². The molecule has 0 unspecified atom stereocenters. The first-order valence-electron chi connectivity index (χ1n) is 17.1. The third kappa shape index (κ3) is 4.13. The van der Waals surface area contributed by atoms with E-state index in [1.807, 2.05) is 18.3 Å². The van der Waals surface area contributed by atoms with Gasteiger partial charge in [0.05, 0.1) is 16.8 Å². The number of aromatic nitrogens is 3. The van der Waals surface area contributed by atoms with Crippen LogP contribution >= 0.6 is 0 Å². The monoisotopic (exact) mass is 637 g/mol. The van der Waals surface area contributed by atoms with E-state index in [2.05, 4.69) is 158 Å². The minimum Gasteiger partial charge on any atom is -0.264 e. The van der Waals surface area contributed by atoms with Crippen LogP contribution in [0.25, 0.3) is 67.3 Å². The van der Waals surface area contributed by atoms with Crippen LogP contribution in [-0.2, 0) is 5.41 Å². The van der Waals surface area contributed by atoms with Gasteiger partial charge in [0.15, 0.2) is 5.82 Å². The first kappa shape index (κ1) is 28.6. The largest absolute Gasteiger partial charge is 0.264 e. The van der Waals surface area contributed by atoms with Crippen molar-refractivity contribution in [1.29, 1.82) is 0 Å². The molecule has 0 amide bonds. The topological polar surface area (TPSA) is 38.7 Å². The summed E-state index contributed by atoms with van der Waals surface area (Å²) < 4.78 is 0. The molecular formula is C47H31N3. The number of hydrogen-bond acceptors (Lipinski definition) is 3. The number of rotatable bonds is 3. The molecule has 2 aromatic heterocycles. The lowest BCUT2D eigenvalue weighted by molar-refractivity contribution is 0.775. The van der Waals surface area contributed by atoms with Gasteiger partial charge in [0.2, 0.25) is 0 Å². The summed E-state index contributed by atoms with van der Waals surface area (Å²) in [6.45, 7) is 2.11. The smallest absolute Gasteiger partial charge is 0.161 e. The van der Waals surface area contributed by atoms with E-state index in [1.54, 1.807) is 6.20 Å². The summed E-state index contributed by atoms with van der Waals surface area (Å²) in [5.41, 5.74) is 18.1. The Bertz CT molecular complexity index is 2560. The van der Waals surface area contributed by atoms with Gasteiger partial charge >= 0.3 is 0 Å². The highest BCUT2D eigenvalue weighted by atomic mass is 14.9. The summed E-state index contributed by atoms with van der Waals surface area (Å²) in [5, 5.41) is 0. The van der Waals surface area contributed by atoms with Gasteiger partial charge in [-0.05, 0) is 86.8 Å². The number of pyridine rings is 1. The molecule has 2 aliphatic rings. The van der Waals surface area contributed by atoms with Crippen LogP contribution in [0.4, 0.5) is 0 Å². The summed E-state index contributed by atoms with van der Waals surface area (Å²) in [5.74, 6) is 0.656. The number of benzene rings is 6. The van der Waals surface area contributed by atoms with Crippen LogP contribution in [0.2, 0.25) is 0 Å². The molecule has 0 saturated heterocycles. The summed E-state index contributed by atoms with van der Waals surface area (Å²) in [4.78, 5) is 14.7. The summed E-state index contributed by atoms with van der Waals surface area (Å²) in [7, 11) is 0. The maximum atomic E-state index is 5.23. The van der Waals surface area contributed by atoms with E-state index in [1.165, 1.54) is 61.2 Å². The lowest BCUT2D eigenvalue weighted by atomic mass is 9.65. The average molecular weight is 638 g/mol. The molecule has 0 N–H and O–H groups in total. The van der Waals surface area contributed by atoms with Crippen LogP contribution in [0.3, 0.4) is 0 Å².